The van der Waals surface area contributed by atoms with Crippen LogP contribution in [-0.2, 0) is 0 Å². The van der Waals surface area contributed by atoms with Gasteiger partial charge in [-0.25, -0.2) is 4.98 Å². The van der Waals surface area contributed by atoms with Gasteiger partial charge in [0.1, 0.15) is 6.61 Å². The summed E-state index contributed by atoms with van der Waals surface area (Å²) in [4.78, 5) is 6.82. The van der Waals surface area contributed by atoms with Gasteiger partial charge in [0, 0.05) is 12.7 Å². The largest absolute Gasteiger partial charge is 0.487 e. The Labute approximate surface area is 83.7 Å². The van der Waals surface area contributed by atoms with E-state index >= 15 is 0 Å². The molecule has 1 aromatic heterocycles. The Hall–Kier alpha value is -1.25. The lowest BCUT2D eigenvalue weighted by Gasteiger charge is -2.32. The molecule has 74 valence electrons. The maximum atomic E-state index is 5.76. The Morgan fingerprint density at radius 3 is 3.43 bits per heavy atom. The van der Waals surface area contributed by atoms with Gasteiger partial charge in [0.05, 0.1) is 6.04 Å². The normalized spacial score (nSPS) is 24.1. The first-order chi connectivity index (χ1) is 6.86. The second-order valence-electron chi connectivity index (χ2n) is 4.08. The number of rotatable bonds is 0. The predicted molar refractivity (Wildman–Crippen MR) is 54.8 cm³/mol. The fourth-order valence-electron chi connectivity index (χ4n) is 2.38. The Bertz CT molecular complexity index is 364. The van der Waals surface area contributed by atoms with E-state index in [1.165, 1.54) is 18.4 Å². The predicted octanol–water partition coefficient (Wildman–Crippen LogP) is 1.75. The number of pyridine rings is 1. The molecular formula is C11H14N2O. The summed E-state index contributed by atoms with van der Waals surface area (Å²) in [5.41, 5.74) is 1.19. The SMILES string of the molecule is Cc1ccnc2c1OC[C@H]1CCCN21. The summed E-state index contributed by atoms with van der Waals surface area (Å²) in [6, 6.07) is 2.58. The third kappa shape index (κ3) is 1.01. The van der Waals surface area contributed by atoms with Crippen LogP contribution in [0.15, 0.2) is 12.3 Å². The first kappa shape index (κ1) is 8.09. The number of hydrogen-bond donors (Lipinski definition) is 0. The van der Waals surface area contributed by atoms with Gasteiger partial charge < -0.3 is 9.64 Å². The highest BCUT2D eigenvalue weighted by molar-refractivity contribution is 5.58. The highest BCUT2D eigenvalue weighted by atomic mass is 16.5. The van der Waals surface area contributed by atoms with Crippen molar-refractivity contribution in [1.82, 2.24) is 4.98 Å². The van der Waals surface area contributed by atoms with Gasteiger partial charge in [0.15, 0.2) is 11.6 Å². The van der Waals surface area contributed by atoms with Crippen molar-refractivity contribution < 1.29 is 4.74 Å². The first-order valence-corrected chi connectivity index (χ1v) is 5.21. The smallest absolute Gasteiger partial charge is 0.172 e. The van der Waals surface area contributed by atoms with Gasteiger partial charge >= 0.3 is 0 Å². The molecule has 0 amide bonds. The Balaban J connectivity index is 2.09. The molecule has 14 heavy (non-hydrogen) atoms. The van der Waals surface area contributed by atoms with Crippen LogP contribution < -0.4 is 9.64 Å². The average molecular weight is 190 g/mol. The number of fused-ring (bicyclic) bond motifs is 3. The van der Waals surface area contributed by atoms with Crippen molar-refractivity contribution in [2.75, 3.05) is 18.1 Å². The van der Waals surface area contributed by atoms with Crippen molar-refractivity contribution in [2.45, 2.75) is 25.8 Å². The molecule has 3 rings (SSSR count). The third-order valence-corrected chi connectivity index (χ3v) is 3.15. The lowest BCUT2D eigenvalue weighted by atomic mass is 10.2. The Kier molecular flexibility index (Phi) is 1.66. The zero-order chi connectivity index (χ0) is 9.54. The van der Waals surface area contributed by atoms with Crippen molar-refractivity contribution in [2.24, 2.45) is 0 Å². The molecule has 3 heterocycles. The fraction of sp³-hybridized carbons (Fsp3) is 0.545. The lowest BCUT2D eigenvalue weighted by Crippen LogP contribution is -2.38. The molecule has 0 unspecified atom stereocenters. The summed E-state index contributed by atoms with van der Waals surface area (Å²) in [6.07, 6.45) is 4.39. The average Bonchev–Trinajstić information content (AvgIpc) is 2.66. The molecule has 3 heteroatoms. The van der Waals surface area contributed by atoms with E-state index in [0.29, 0.717) is 6.04 Å². The second kappa shape index (κ2) is 2.87. The van der Waals surface area contributed by atoms with Crippen LogP contribution in [0.1, 0.15) is 18.4 Å². The van der Waals surface area contributed by atoms with Gasteiger partial charge in [-0.05, 0) is 31.4 Å². The molecule has 3 nitrogen and oxygen atoms in total. The third-order valence-electron chi connectivity index (χ3n) is 3.15. The summed E-state index contributed by atoms with van der Waals surface area (Å²) in [7, 11) is 0. The zero-order valence-electron chi connectivity index (χ0n) is 8.36. The molecule has 0 spiro atoms. The van der Waals surface area contributed by atoms with E-state index in [4.69, 9.17) is 4.74 Å². The van der Waals surface area contributed by atoms with Crippen LogP contribution in [0.3, 0.4) is 0 Å². The van der Waals surface area contributed by atoms with Gasteiger partial charge in [-0.3, -0.25) is 0 Å². The van der Waals surface area contributed by atoms with Gasteiger partial charge in [-0.1, -0.05) is 0 Å². The lowest BCUT2D eigenvalue weighted by molar-refractivity contribution is 0.268. The number of anilines is 1. The second-order valence-corrected chi connectivity index (χ2v) is 4.08. The number of aryl methyl sites for hydroxylation is 1. The highest BCUT2D eigenvalue weighted by Gasteiger charge is 2.32. The fourth-order valence-corrected chi connectivity index (χ4v) is 2.38. The van der Waals surface area contributed by atoms with E-state index in [9.17, 15) is 0 Å². The first-order valence-electron chi connectivity index (χ1n) is 5.21. The minimum atomic E-state index is 0.566. The maximum absolute atomic E-state index is 5.76. The molecule has 2 aliphatic heterocycles. The maximum Gasteiger partial charge on any atom is 0.172 e. The molecule has 1 atom stereocenters. The van der Waals surface area contributed by atoms with Crippen LogP contribution in [0, 0.1) is 6.92 Å². The topological polar surface area (TPSA) is 25.4 Å². The van der Waals surface area contributed by atoms with Gasteiger partial charge in [0.25, 0.3) is 0 Å². The van der Waals surface area contributed by atoms with Crippen LogP contribution in [0.5, 0.6) is 5.75 Å². The molecule has 1 saturated heterocycles. The summed E-state index contributed by atoms with van der Waals surface area (Å²) in [6.45, 7) is 4.05. The van der Waals surface area contributed by atoms with E-state index < -0.39 is 0 Å². The quantitative estimate of drug-likeness (QED) is 0.623. The van der Waals surface area contributed by atoms with E-state index in [1.54, 1.807) is 0 Å². The van der Waals surface area contributed by atoms with E-state index in [0.717, 1.165) is 24.7 Å². The molecule has 0 saturated carbocycles. The van der Waals surface area contributed by atoms with Gasteiger partial charge in [-0.15, -0.1) is 0 Å². The van der Waals surface area contributed by atoms with Crippen molar-refractivity contribution in [3.05, 3.63) is 17.8 Å². The summed E-state index contributed by atoms with van der Waals surface area (Å²) < 4.78 is 5.76. The molecular weight excluding hydrogens is 176 g/mol. The van der Waals surface area contributed by atoms with E-state index in [1.807, 2.05) is 12.3 Å². The monoisotopic (exact) mass is 190 g/mol. The number of aromatic nitrogens is 1. The number of nitrogens with zero attached hydrogens (tertiary/aromatic N) is 2. The Morgan fingerprint density at radius 2 is 2.50 bits per heavy atom. The molecule has 0 aromatic carbocycles. The zero-order valence-corrected chi connectivity index (χ0v) is 8.36. The van der Waals surface area contributed by atoms with Crippen LogP contribution in [0.2, 0.25) is 0 Å². The van der Waals surface area contributed by atoms with Crippen LogP contribution in [0.25, 0.3) is 0 Å². The highest BCUT2D eigenvalue weighted by Crippen LogP contribution is 2.37. The van der Waals surface area contributed by atoms with Crippen molar-refractivity contribution in [3.63, 3.8) is 0 Å². The van der Waals surface area contributed by atoms with Crippen molar-refractivity contribution in [1.29, 1.82) is 0 Å². The number of hydrogen-bond acceptors (Lipinski definition) is 3. The Morgan fingerprint density at radius 1 is 1.57 bits per heavy atom. The molecule has 1 aromatic rings. The summed E-state index contributed by atoms with van der Waals surface area (Å²) in [5, 5.41) is 0. The minimum absolute atomic E-state index is 0.566. The van der Waals surface area contributed by atoms with E-state index in [-0.39, 0.29) is 0 Å². The van der Waals surface area contributed by atoms with Crippen LogP contribution >= 0.6 is 0 Å². The molecule has 0 N–H and O–H groups in total. The molecule has 1 fully saturated rings. The molecule has 2 aliphatic rings. The van der Waals surface area contributed by atoms with Crippen molar-refractivity contribution >= 4 is 5.82 Å². The van der Waals surface area contributed by atoms with Gasteiger partial charge in [0.2, 0.25) is 0 Å². The van der Waals surface area contributed by atoms with Crippen LogP contribution in [-0.4, -0.2) is 24.2 Å². The van der Waals surface area contributed by atoms with E-state index in [2.05, 4.69) is 16.8 Å². The van der Waals surface area contributed by atoms with Crippen molar-refractivity contribution in [3.8, 4) is 5.75 Å². The minimum Gasteiger partial charge on any atom is -0.487 e. The summed E-state index contributed by atoms with van der Waals surface area (Å²) >= 11 is 0. The molecule has 0 bridgehead atoms. The molecule has 0 aliphatic carbocycles. The number of ether oxygens (including phenoxy) is 1. The standard InChI is InChI=1S/C11H14N2O/c1-8-4-5-12-11-10(8)14-7-9-3-2-6-13(9)11/h4-5,9H,2-3,6-7H2,1H3/t9-/m1/s1. The van der Waals surface area contributed by atoms with Gasteiger partial charge in [-0.2, -0.15) is 0 Å². The van der Waals surface area contributed by atoms with Crippen LogP contribution in [0.4, 0.5) is 5.82 Å². The molecule has 0 radical (unpaired) electrons. The summed E-state index contributed by atoms with van der Waals surface area (Å²) in [5.74, 6) is 2.05.